The molecule has 32 heavy (non-hydrogen) atoms. The molecule has 0 saturated heterocycles. The average Bonchev–Trinajstić information content (AvgIpc) is 2.76. The second kappa shape index (κ2) is 10.6. The zero-order valence-electron chi connectivity index (χ0n) is 16.8. The number of hydrogen-bond donors (Lipinski definition) is 3. The highest BCUT2D eigenvalue weighted by molar-refractivity contribution is 6.35. The molecule has 0 fully saturated rings. The topological polar surface area (TPSA) is 109 Å². The van der Waals surface area contributed by atoms with Crippen molar-refractivity contribution in [3.8, 4) is 11.5 Å². The predicted octanol–water partition coefficient (Wildman–Crippen LogP) is 4.51. The fourth-order valence-corrected chi connectivity index (χ4v) is 2.98. The van der Waals surface area contributed by atoms with Crippen LogP contribution < -0.4 is 20.7 Å². The van der Waals surface area contributed by atoms with E-state index in [1.54, 1.807) is 42.5 Å². The monoisotopic (exact) mass is 472 g/mol. The molecule has 0 aliphatic heterocycles. The van der Waals surface area contributed by atoms with E-state index in [0.717, 1.165) is 0 Å². The molecule has 3 aromatic rings. The van der Waals surface area contributed by atoms with Crippen LogP contribution in [0.25, 0.3) is 0 Å². The van der Waals surface area contributed by atoms with Gasteiger partial charge in [0.15, 0.2) is 0 Å². The van der Waals surface area contributed by atoms with Crippen LogP contribution in [0.4, 0.5) is 11.4 Å². The van der Waals surface area contributed by atoms with Crippen LogP contribution >= 0.6 is 23.2 Å². The standard InChI is InChI=1S/C22H18Cl2N4O4/c1-25-22(31)19-11-16(7-8-26-19)32-15-4-2-3-14(10-15)27-20(29)12-21(30)28-18-9-13(23)5-6-17(18)24/h2-11H,12H2,1H3,(H,25,31)(H,27,29)(H,28,30). The Morgan fingerprint density at radius 2 is 1.69 bits per heavy atom. The van der Waals surface area contributed by atoms with Crippen LogP contribution in [0.5, 0.6) is 11.5 Å². The van der Waals surface area contributed by atoms with E-state index in [4.69, 9.17) is 27.9 Å². The van der Waals surface area contributed by atoms with Crippen LogP contribution in [-0.2, 0) is 9.59 Å². The van der Waals surface area contributed by atoms with Crippen LogP contribution in [0.1, 0.15) is 16.9 Å². The Labute approximate surface area is 193 Å². The molecule has 0 saturated carbocycles. The van der Waals surface area contributed by atoms with Gasteiger partial charge in [0.1, 0.15) is 23.6 Å². The van der Waals surface area contributed by atoms with E-state index in [-0.39, 0.29) is 11.6 Å². The summed E-state index contributed by atoms with van der Waals surface area (Å²) in [5.41, 5.74) is 0.961. The largest absolute Gasteiger partial charge is 0.457 e. The lowest BCUT2D eigenvalue weighted by Crippen LogP contribution is -2.21. The molecular formula is C22H18Cl2N4O4. The Kier molecular flexibility index (Phi) is 7.64. The van der Waals surface area contributed by atoms with Gasteiger partial charge in [0.25, 0.3) is 5.91 Å². The van der Waals surface area contributed by atoms with Crippen LogP contribution in [0, 0.1) is 0 Å². The number of hydrogen-bond acceptors (Lipinski definition) is 5. The minimum absolute atomic E-state index is 0.209. The number of ether oxygens (including phenoxy) is 1. The minimum Gasteiger partial charge on any atom is -0.457 e. The molecule has 0 atom stereocenters. The van der Waals surface area contributed by atoms with E-state index in [1.165, 1.54) is 25.4 Å². The van der Waals surface area contributed by atoms with E-state index in [1.807, 2.05) is 0 Å². The van der Waals surface area contributed by atoms with Crippen LogP contribution in [0.15, 0.2) is 60.8 Å². The molecule has 0 unspecified atom stereocenters. The van der Waals surface area contributed by atoms with Crippen LogP contribution in [-0.4, -0.2) is 29.8 Å². The van der Waals surface area contributed by atoms with Crippen molar-refractivity contribution in [1.29, 1.82) is 0 Å². The summed E-state index contributed by atoms with van der Waals surface area (Å²) in [6.07, 6.45) is 1.03. The molecule has 1 heterocycles. The van der Waals surface area contributed by atoms with Gasteiger partial charge >= 0.3 is 0 Å². The maximum Gasteiger partial charge on any atom is 0.269 e. The number of carbonyl (C=O) groups is 3. The lowest BCUT2D eigenvalue weighted by atomic mass is 10.2. The van der Waals surface area contributed by atoms with Gasteiger partial charge in [-0.2, -0.15) is 0 Å². The number of amides is 3. The fraction of sp³-hybridized carbons (Fsp3) is 0.0909. The number of aromatic nitrogens is 1. The highest BCUT2D eigenvalue weighted by Crippen LogP contribution is 2.26. The summed E-state index contributed by atoms with van der Waals surface area (Å²) in [7, 11) is 1.51. The third-order valence-electron chi connectivity index (χ3n) is 4.07. The van der Waals surface area contributed by atoms with Crippen molar-refractivity contribution in [3.05, 3.63) is 76.5 Å². The number of benzene rings is 2. The zero-order chi connectivity index (χ0) is 23.1. The average molecular weight is 473 g/mol. The van der Waals surface area contributed by atoms with Gasteiger partial charge in [0.05, 0.1) is 10.7 Å². The smallest absolute Gasteiger partial charge is 0.269 e. The Bertz CT molecular complexity index is 1170. The van der Waals surface area contributed by atoms with Crippen LogP contribution in [0.2, 0.25) is 10.0 Å². The summed E-state index contributed by atoms with van der Waals surface area (Å²) in [4.78, 5) is 40.1. The lowest BCUT2D eigenvalue weighted by Gasteiger charge is -2.10. The van der Waals surface area contributed by atoms with E-state index in [2.05, 4.69) is 20.9 Å². The molecule has 0 spiro atoms. The van der Waals surface area contributed by atoms with Gasteiger partial charge in [-0.05, 0) is 36.4 Å². The van der Waals surface area contributed by atoms with Gasteiger partial charge in [0, 0.05) is 36.1 Å². The van der Waals surface area contributed by atoms with Crippen molar-refractivity contribution >= 4 is 52.3 Å². The lowest BCUT2D eigenvalue weighted by molar-refractivity contribution is -0.123. The maximum absolute atomic E-state index is 12.3. The maximum atomic E-state index is 12.3. The van der Waals surface area contributed by atoms with Gasteiger partial charge in [-0.3, -0.25) is 19.4 Å². The van der Waals surface area contributed by atoms with Gasteiger partial charge in [-0.1, -0.05) is 29.3 Å². The van der Waals surface area contributed by atoms with E-state index >= 15 is 0 Å². The van der Waals surface area contributed by atoms with E-state index < -0.39 is 18.2 Å². The Morgan fingerprint density at radius 3 is 2.47 bits per heavy atom. The first-order valence-electron chi connectivity index (χ1n) is 9.35. The van der Waals surface area contributed by atoms with Crippen molar-refractivity contribution in [1.82, 2.24) is 10.3 Å². The SMILES string of the molecule is CNC(=O)c1cc(Oc2cccc(NC(=O)CC(=O)Nc3cc(Cl)ccc3Cl)c2)ccn1. The molecule has 3 N–H and O–H groups in total. The van der Waals surface area contributed by atoms with Gasteiger partial charge in [0.2, 0.25) is 11.8 Å². The van der Waals surface area contributed by atoms with Crippen molar-refractivity contribution in [2.75, 3.05) is 17.7 Å². The first-order valence-corrected chi connectivity index (χ1v) is 10.1. The van der Waals surface area contributed by atoms with E-state index in [9.17, 15) is 14.4 Å². The number of carbonyl (C=O) groups excluding carboxylic acids is 3. The van der Waals surface area contributed by atoms with Crippen LogP contribution in [0.3, 0.4) is 0 Å². The summed E-state index contributed by atoms with van der Waals surface area (Å²) in [5, 5.41) is 8.39. The molecule has 8 nitrogen and oxygen atoms in total. The molecule has 1 aromatic heterocycles. The second-order valence-corrected chi connectivity index (χ2v) is 7.33. The zero-order valence-corrected chi connectivity index (χ0v) is 18.3. The van der Waals surface area contributed by atoms with Gasteiger partial charge < -0.3 is 20.7 Å². The summed E-state index contributed by atoms with van der Waals surface area (Å²) in [6, 6.07) is 14.3. The molecule has 10 heteroatoms. The summed E-state index contributed by atoms with van der Waals surface area (Å²) >= 11 is 11.9. The highest BCUT2D eigenvalue weighted by atomic mass is 35.5. The Morgan fingerprint density at radius 1 is 0.938 bits per heavy atom. The molecule has 0 aliphatic carbocycles. The number of nitrogens with zero attached hydrogens (tertiary/aromatic N) is 1. The number of nitrogens with one attached hydrogen (secondary N) is 3. The predicted molar refractivity (Wildman–Crippen MR) is 122 cm³/mol. The summed E-state index contributed by atoms with van der Waals surface area (Å²) in [6.45, 7) is 0. The fourth-order valence-electron chi connectivity index (χ4n) is 2.64. The van der Waals surface area contributed by atoms with E-state index in [0.29, 0.717) is 32.9 Å². The summed E-state index contributed by atoms with van der Waals surface area (Å²) in [5.74, 6) is -0.582. The molecule has 3 amide bonds. The number of rotatable bonds is 7. The third-order valence-corrected chi connectivity index (χ3v) is 4.63. The van der Waals surface area contributed by atoms with Crippen molar-refractivity contribution in [3.63, 3.8) is 0 Å². The first kappa shape index (κ1) is 23.1. The van der Waals surface area contributed by atoms with Gasteiger partial charge in [-0.15, -0.1) is 0 Å². The molecular weight excluding hydrogens is 455 g/mol. The van der Waals surface area contributed by atoms with Crippen molar-refractivity contribution in [2.45, 2.75) is 6.42 Å². The molecule has 2 aromatic carbocycles. The number of halogens is 2. The molecule has 0 radical (unpaired) electrons. The molecule has 0 bridgehead atoms. The number of anilines is 2. The quantitative estimate of drug-likeness (QED) is 0.438. The first-order chi connectivity index (χ1) is 15.3. The number of pyridine rings is 1. The minimum atomic E-state index is -0.544. The van der Waals surface area contributed by atoms with Crippen molar-refractivity contribution < 1.29 is 19.1 Å². The highest BCUT2D eigenvalue weighted by Gasteiger charge is 2.13. The summed E-state index contributed by atoms with van der Waals surface area (Å²) < 4.78 is 5.74. The molecule has 164 valence electrons. The second-order valence-electron chi connectivity index (χ2n) is 6.48. The normalized spacial score (nSPS) is 10.2. The van der Waals surface area contributed by atoms with Gasteiger partial charge in [-0.25, -0.2) is 0 Å². The third kappa shape index (κ3) is 6.44. The Hall–Kier alpha value is -3.62. The Balaban J connectivity index is 1.60. The molecule has 3 rings (SSSR count). The molecule has 0 aliphatic rings. The van der Waals surface area contributed by atoms with Crippen molar-refractivity contribution in [2.24, 2.45) is 0 Å².